The molecule has 1 atom stereocenters. The number of carboxylic acids is 1. The molecular formula is C9H18N2O3. The van der Waals surface area contributed by atoms with Gasteiger partial charge in [-0.2, -0.15) is 0 Å². The lowest BCUT2D eigenvalue weighted by molar-refractivity contribution is -0.148. The summed E-state index contributed by atoms with van der Waals surface area (Å²) in [5.41, 5.74) is 5.30. The molecular weight excluding hydrogens is 184 g/mol. The Balaban J connectivity index is 4.15. The zero-order chi connectivity index (χ0) is 11.1. The monoisotopic (exact) mass is 202 g/mol. The molecule has 0 aromatic rings. The number of carbonyl (C=O) groups is 2. The summed E-state index contributed by atoms with van der Waals surface area (Å²) in [5.74, 6) is -1.19. The lowest BCUT2D eigenvalue weighted by Crippen LogP contribution is -2.41. The van der Waals surface area contributed by atoms with Crippen molar-refractivity contribution < 1.29 is 14.7 Å². The van der Waals surface area contributed by atoms with Crippen molar-refractivity contribution in [1.29, 1.82) is 0 Å². The van der Waals surface area contributed by atoms with Crippen LogP contribution in [0.25, 0.3) is 0 Å². The van der Waals surface area contributed by atoms with Crippen molar-refractivity contribution in [1.82, 2.24) is 4.90 Å². The lowest BCUT2D eigenvalue weighted by atomic mass is 10.1. The van der Waals surface area contributed by atoms with E-state index in [0.29, 0.717) is 13.0 Å². The molecule has 1 amide bonds. The highest BCUT2D eigenvalue weighted by molar-refractivity contribution is 5.81. The summed E-state index contributed by atoms with van der Waals surface area (Å²) in [6.45, 7) is 1.91. The molecule has 0 spiro atoms. The first-order valence-corrected chi connectivity index (χ1v) is 4.67. The molecule has 1 unspecified atom stereocenters. The van der Waals surface area contributed by atoms with E-state index in [1.54, 1.807) is 0 Å². The lowest BCUT2D eigenvalue weighted by Gasteiger charge is -2.23. The Morgan fingerprint density at radius 2 is 2.00 bits per heavy atom. The molecule has 0 radical (unpaired) electrons. The Morgan fingerprint density at radius 3 is 2.36 bits per heavy atom. The van der Waals surface area contributed by atoms with Crippen molar-refractivity contribution in [2.24, 2.45) is 5.73 Å². The number of hydrogen-bond acceptors (Lipinski definition) is 3. The number of amides is 1. The van der Waals surface area contributed by atoms with E-state index >= 15 is 0 Å². The molecule has 5 heteroatoms. The SMILES string of the molecule is CC(=O)N(C)C(CCCCN)C(=O)O. The van der Waals surface area contributed by atoms with Crippen molar-refractivity contribution in [2.75, 3.05) is 13.6 Å². The Morgan fingerprint density at radius 1 is 1.43 bits per heavy atom. The van der Waals surface area contributed by atoms with Crippen molar-refractivity contribution in [3.63, 3.8) is 0 Å². The number of nitrogens with two attached hydrogens (primary N) is 1. The van der Waals surface area contributed by atoms with Gasteiger partial charge in [0.25, 0.3) is 0 Å². The number of unbranched alkanes of at least 4 members (excludes halogenated alkanes) is 1. The summed E-state index contributed by atoms with van der Waals surface area (Å²) in [5, 5.41) is 8.87. The van der Waals surface area contributed by atoms with Gasteiger partial charge in [0, 0.05) is 14.0 Å². The minimum atomic E-state index is -0.959. The summed E-state index contributed by atoms with van der Waals surface area (Å²) < 4.78 is 0. The first-order valence-electron chi connectivity index (χ1n) is 4.67. The number of rotatable bonds is 6. The van der Waals surface area contributed by atoms with Crippen LogP contribution in [-0.2, 0) is 9.59 Å². The highest BCUT2D eigenvalue weighted by Gasteiger charge is 2.23. The molecule has 5 nitrogen and oxygen atoms in total. The second kappa shape index (κ2) is 6.37. The molecule has 0 heterocycles. The summed E-state index contributed by atoms with van der Waals surface area (Å²) in [6, 6.07) is -0.723. The number of carbonyl (C=O) groups excluding carboxylic acids is 1. The van der Waals surface area contributed by atoms with Gasteiger partial charge in [-0.3, -0.25) is 4.79 Å². The van der Waals surface area contributed by atoms with Crippen LogP contribution in [-0.4, -0.2) is 41.5 Å². The van der Waals surface area contributed by atoms with E-state index in [0.717, 1.165) is 12.8 Å². The summed E-state index contributed by atoms with van der Waals surface area (Å²) >= 11 is 0. The second-order valence-corrected chi connectivity index (χ2v) is 3.27. The first kappa shape index (κ1) is 12.9. The molecule has 0 saturated carbocycles. The molecule has 0 rings (SSSR count). The second-order valence-electron chi connectivity index (χ2n) is 3.27. The van der Waals surface area contributed by atoms with E-state index in [-0.39, 0.29) is 5.91 Å². The predicted molar refractivity (Wildman–Crippen MR) is 52.8 cm³/mol. The highest BCUT2D eigenvalue weighted by Crippen LogP contribution is 2.07. The fraction of sp³-hybridized carbons (Fsp3) is 0.778. The van der Waals surface area contributed by atoms with Crippen LogP contribution in [0.1, 0.15) is 26.2 Å². The standard InChI is InChI=1S/C9H18N2O3/c1-7(12)11(2)8(9(13)14)5-3-4-6-10/h8H,3-6,10H2,1-2H3,(H,13,14). The normalized spacial score (nSPS) is 12.2. The van der Waals surface area contributed by atoms with Gasteiger partial charge in [-0.1, -0.05) is 0 Å². The molecule has 0 aromatic carbocycles. The first-order chi connectivity index (χ1) is 6.50. The van der Waals surface area contributed by atoms with Gasteiger partial charge in [0.2, 0.25) is 5.91 Å². The largest absolute Gasteiger partial charge is 0.480 e. The zero-order valence-electron chi connectivity index (χ0n) is 8.69. The Bertz CT molecular complexity index is 206. The minimum absolute atomic E-state index is 0.231. The molecule has 3 N–H and O–H groups in total. The maximum Gasteiger partial charge on any atom is 0.326 e. The summed E-state index contributed by atoms with van der Waals surface area (Å²) in [4.78, 5) is 23.0. The number of aliphatic carboxylic acids is 1. The number of hydrogen-bond donors (Lipinski definition) is 2. The maximum atomic E-state index is 11.0. The van der Waals surface area contributed by atoms with Crippen LogP contribution in [0.3, 0.4) is 0 Å². The number of nitrogens with zero attached hydrogens (tertiary/aromatic N) is 1. The molecule has 14 heavy (non-hydrogen) atoms. The van der Waals surface area contributed by atoms with Crippen LogP contribution in [0.15, 0.2) is 0 Å². The molecule has 0 bridgehead atoms. The molecule has 0 saturated heterocycles. The Kier molecular flexibility index (Phi) is 5.87. The summed E-state index contributed by atoms with van der Waals surface area (Å²) in [7, 11) is 1.50. The smallest absolute Gasteiger partial charge is 0.326 e. The third-order valence-corrected chi connectivity index (χ3v) is 2.18. The molecule has 0 aromatic heterocycles. The van der Waals surface area contributed by atoms with Crippen molar-refractivity contribution in [3.05, 3.63) is 0 Å². The van der Waals surface area contributed by atoms with Crippen molar-refractivity contribution >= 4 is 11.9 Å². The maximum absolute atomic E-state index is 11.0. The fourth-order valence-electron chi connectivity index (χ4n) is 1.18. The van der Waals surface area contributed by atoms with E-state index in [4.69, 9.17) is 10.8 Å². The highest BCUT2D eigenvalue weighted by atomic mass is 16.4. The van der Waals surface area contributed by atoms with Crippen LogP contribution >= 0.6 is 0 Å². The van der Waals surface area contributed by atoms with Crippen molar-refractivity contribution in [2.45, 2.75) is 32.2 Å². The van der Waals surface area contributed by atoms with Gasteiger partial charge in [0.15, 0.2) is 0 Å². The number of carboxylic acid groups (broad SMARTS) is 1. The van der Waals surface area contributed by atoms with Crippen LogP contribution in [0.2, 0.25) is 0 Å². The van der Waals surface area contributed by atoms with E-state index in [1.165, 1.54) is 18.9 Å². The molecule has 0 aliphatic heterocycles. The van der Waals surface area contributed by atoms with Gasteiger partial charge in [0.1, 0.15) is 6.04 Å². The zero-order valence-corrected chi connectivity index (χ0v) is 8.69. The third kappa shape index (κ3) is 4.23. The number of likely N-dealkylation sites (N-methyl/N-ethyl adjacent to an activating group) is 1. The Hall–Kier alpha value is -1.10. The van der Waals surface area contributed by atoms with Gasteiger partial charge >= 0.3 is 5.97 Å². The average Bonchev–Trinajstić information content (AvgIpc) is 2.10. The van der Waals surface area contributed by atoms with Gasteiger partial charge in [0.05, 0.1) is 0 Å². The quantitative estimate of drug-likeness (QED) is 0.596. The molecule has 0 aliphatic carbocycles. The van der Waals surface area contributed by atoms with Crippen LogP contribution in [0, 0.1) is 0 Å². The fourth-order valence-corrected chi connectivity index (χ4v) is 1.18. The topological polar surface area (TPSA) is 83.6 Å². The predicted octanol–water partition coefficient (Wildman–Crippen LogP) is 0.0469. The van der Waals surface area contributed by atoms with E-state index in [2.05, 4.69) is 0 Å². The van der Waals surface area contributed by atoms with Crippen molar-refractivity contribution in [3.8, 4) is 0 Å². The van der Waals surface area contributed by atoms with E-state index in [9.17, 15) is 9.59 Å². The van der Waals surface area contributed by atoms with Gasteiger partial charge in [-0.05, 0) is 25.8 Å². The Labute approximate surface area is 83.9 Å². The molecule has 82 valence electrons. The molecule has 0 fully saturated rings. The van der Waals surface area contributed by atoms with Crippen LogP contribution in [0.4, 0.5) is 0 Å². The van der Waals surface area contributed by atoms with E-state index < -0.39 is 12.0 Å². The minimum Gasteiger partial charge on any atom is -0.480 e. The average molecular weight is 202 g/mol. The molecule has 0 aliphatic rings. The third-order valence-electron chi connectivity index (χ3n) is 2.18. The van der Waals surface area contributed by atoms with Gasteiger partial charge < -0.3 is 15.7 Å². The summed E-state index contributed by atoms with van der Waals surface area (Å²) in [6.07, 6.45) is 1.98. The van der Waals surface area contributed by atoms with E-state index in [1.807, 2.05) is 0 Å². The van der Waals surface area contributed by atoms with Crippen LogP contribution < -0.4 is 5.73 Å². The van der Waals surface area contributed by atoms with Crippen LogP contribution in [0.5, 0.6) is 0 Å². The van der Waals surface area contributed by atoms with Gasteiger partial charge in [-0.15, -0.1) is 0 Å². The van der Waals surface area contributed by atoms with Gasteiger partial charge in [-0.25, -0.2) is 4.79 Å².